The van der Waals surface area contributed by atoms with Gasteiger partial charge in [0.05, 0.1) is 18.5 Å². The molecular weight excluding hydrogens is 456 g/mol. The van der Waals surface area contributed by atoms with Crippen molar-refractivity contribution in [3.8, 4) is 5.75 Å². The van der Waals surface area contributed by atoms with E-state index in [1.807, 2.05) is 12.3 Å². The Kier molecular flexibility index (Phi) is 7.04. The van der Waals surface area contributed by atoms with Crippen LogP contribution in [0, 0.1) is 12.8 Å². The summed E-state index contributed by atoms with van der Waals surface area (Å²) in [4.78, 5) is 22.5. The highest BCUT2D eigenvalue weighted by atomic mass is 16.5. The molecule has 3 unspecified atom stereocenters. The van der Waals surface area contributed by atoms with E-state index in [2.05, 4.69) is 68.7 Å². The van der Waals surface area contributed by atoms with E-state index in [0.29, 0.717) is 30.2 Å². The molecule has 0 spiro atoms. The Morgan fingerprint density at radius 1 is 1.06 bits per heavy atom. The maximum Gasteiger partial charge on any atom is 0.324 e. The van der Waals surface area contributed by atoms with Gasteiger partial charge in [-0.15, -0.1) is 0 Å². The Balaban J connectivity index is 1.13. The molecule has 5 rings (SSSR count). The van der Waals surface area contributed by atoms with Crippen molar-refractivity contribution in [1.29, 1.82) is 0 Å². The maximum atomic E-state index is 6.45. The molecule has 10 heteroatoms. The summed E-state index contributed by atoms with van der Waals surface area (Å²) in [6.45, 7) is 11.5. The van der Waals surface area contributed by atoms with E-state index in [-0.39, 0.29) is 24.0 Å². The number of anilines is 2. The third-order valence-electron chi connectivity index (χ3n) is 7.32. The van der Waals surface area contributed by atoms with Crippen molar-refractivity contribution < 1.29 is 9.26 Å². The molecule has 2 aliphatic heterocycles. The molecule has 10 nitrogen and oxygen atoms in total. The zero-order valence-electron chi connectivity index (χ0n) is 21.5. The lowest BCUT2D eigenvalue weighted by Crippen LogP contribution is -2.38. The van der Waals surface area contributed by atoms with Gasteiger partial charge in [0.25, 0.3) is 0 Å². The Bertz CT molecular complexity index is 1140. The zero-order valence-corrected chi connectivity index (χ0v) is 21.5. The fraction of sp³-hybridized carbons (Fsp3) is 0.577. The number of ether oxygens (including phenoxy) is 1. The number of nitrogens with zero attached hydrogens (tertiary/aromatic N) is 7. The maximum absolute atomic E-state index is 6.45. The topological polar surface area (TPSA) is 119 Å². The van der Waals surface area contributed by atoms with Gasteiger partial charge in [0.15, 0.2) is 11.6 Å². The fourth-order valence-corrected chi connectivity index (χ4v) is 5.06. The largest absolute Gasteiger partial charge is 0.487 e. The van der Waals surface area contributed by atoms with Crippen LogP contribution < -0.4 is 20.3 Å². The van der Waals surface area contributed by atoms with E-state index in [0.717, 1.165) is 44.0 Å². The van der Waals surface area contributed by atoms with Crippen molar-refractivity contribution >= 4 is 12.0 Å². The van der Waals surface area contributed by atoms with E-state index in [4.69, 9.17) is 15.0 Å². The zero-order chi connectivity index (χ0) is 25.2. The number of pyridine rings is 1. The summed E-state index contributed by atoms with van der Waals surface area (Å²) in [7, 11) is 0. The van der Waals surface area contributed by atoms with Crippen LogP contribution in [0.15, 0.2) is 35.2 Å². The molecule has 2 aliphatic rings. The summed E-state index contributed by atoms with van der Waals surface area (Å²) in [5.74, 6) is 2.98. The summed E-state index contributed by atoms with van der Waals surface area (Å²) in [5, 5.41) is 4.08. The minimum Gasteiger partial charge on any atom is -0.487 e. The first-order valence-corrected chi connectivity index (χ1v) is 12.9. The first-order chi connectivity index (χ1) is 17.4. The van der Waals surface area contributed by atoms with Crippen LogP contribution in [-0.4, -0.2) is 63.4 Å². The van der Waals surface area contributed by atoms with Gasteiger partial charge in [0.2, 0.25) is 5.95 Å². The van der Waals surface area contributed by atoms with E-state index < -0.39 is 0 Å². The second-order valence-electron chi connectivity index (χ2n) is 10.4. The van der Waals surface area contributed by atoms with Crippen molar-refractivity contribution in [2.24, 2.45) is 11.7 Å². The van der Waals surface area contributed by atoms with Gasteiger partial charge in [-0.2, -0.15) is 4.98 Å². The Morgan fingerprint density at radius 2 is 1.81 bits per heavy atom. The number of nitrogens with two attached hydrogens (primary N) is 1. The van der Waals surface area contributed by atoms with E-state index >= 15 is 0 Å². The molecule has 0 amide bonds. The highest BCUT2D eigenvalue weighted by molar-refractivity contribution is 5.37. The monoisotopic (exact) mass is 492 g/mol. The van der Waals surface area contributed by atoms with Gasteiger partial charge in [0, 0.05) is 55.9 Å². The van der Waals surface area contributed by atoms with Crippen LogP contribution in [-0.2, 0) is 0 Å². The van der Waals surface area contributed by atoms with Crippen molar-refractivity contribution in [3.63, 3.8) is 0 Å². The number of hydrogen-bond acceptors (Lipinski definition) is 10. The molecule has 3 aromatic heterocycles. The number of hydrogen-bond donors (Lipinski definition) is 1. The Labute approximate surface area is 212 Å². The highest BCUT2D eigenvalue weighted by Gasteiger charge is 2.34. The summed E-state index contributed by atoms with van der Waals surface area (Å²) in [5.41, 5.74) is 8.67. The van der Waals surface area contributed by atoms with Crippen LogP contribution in [0.5, 0.6) is 5.75 Å². The minimum atomic E-state index is -0.00571. The van der Waals surface area contributed by atoms with E-state index in [1.165, 1.54) is 5.56 Å². The minimum absolute atomic E-state index is 0.00571. The average molecular weight is 493 g/mol. The Hall–Kier alpha value is -3.27. The molecule has 2 N–H and O–H groups in total. The lowest BCUT2D eigenvalue weighted by Gasteiger charge is -2.33. The molecule has 0 radical (unpaired) electrons. The molecule has 192 valence electrons. The third-order valence-corrected chi connectivity index (χ3v) is 7.32. The van der Waals surface area contributed by atoms with Gasteiger partial charge in [-0.3, -0.25) is 4.98 Å². The molecule has 3 aromatic rings. The van der Waals surface area contributed by atoms with Crippen LogP contribution in [0.4, 0.5) is 12.0 Å². The Morgan fingerprint density at radius 3 is 2.47 bits per heavy atom. The van der Waals surface area contributed by atoms with E-state index in [9.17, 15) is 0 Å². The van der Waals surface area contributed by atoms with Gasteiger partial charge in [-0.25, -0.2) is 9.97 Å². The molecule has 5 heterocycles. The van der Waals surface area contributed by atoms with E-state index in [1.54, 1.807) is 12.4 Å². The lowest BCUT2D eigenvalue weighted by atomic mass is 9.92. The fourth-order valence-electron chi connectivity index (χ4n) is 5.06. The standard InChI is InChI=1S/C26H36N8O2/c1-16(2)24-31-26(36-32-24)33-9-6-19(7-10-33)18(4)35-20-12-29-25(30-13-20)34-14-21(22(27)15-34)23-11-17(3)5-8-28-23/h5,8,11-13,16,18-19,21-22H,6-7,9-10,14-15,27H2,1-4H3. The smallest absolute Gasteiger partial charge is 0.324 e. The summed E-state index contributed by atoms with van der Waals surface area (Å²) < 4.78 is 11.7. The quantitative estimate of drug-likeness (QED) is 0.526. The van der Waals surface area contributed by atoms with Gasteiger partial charge in [-0.1, -0.05) is 19.0 Å². The van der Waals surface area contributed by atoms with Gasteiger partial charge >= 0.3 is 6.01 Å². The molecule has 2 fully saturated rings. The van der Waals surface area contributed by atoms with Gasteiger partial charge in [-0.05, 0) is 50.3 Å². The first-order valence-electron chi connectivity index (χ1n) is 12.9. The van der Waals surface area contributed by atoms with Crippen molar-refractivity contribution in [3.05, 3.63) is 47.8 Å². The van der Waals surface area contributed by atoms with Crippen LogP contribution in [0.25, 0.3) is 0 Å². The predicted molar refractivity (Wildman–Crippen MR) is 137 cm³/mol. The molecule has 3 atom stereocenters. The van der Waals surface area contributed by atoms with Crippen molar-refractivity contribution in [1.82, 2.24) is 25.1 Å². The number of piperidine rings is 1. The number of aromatic nitrogens is 5. The molecule has 0 bridgehead atoms. The summed E-state index contributed by atoms with van der Waals surface area (Å²) in [6.07, 6.45) is 7.45. The summed E-state index contributed by atoms with van der Waals surface area (Å²) in [6, 6.07) is 4.73. The molecule has 2 saturated heterocycles. The van der Waals surface area contributed by atoms with Gasteiger partial charge < -0.3 is 24.8 Å². The van der Waals surface area contributed by atoms with Gasteiger partial charge in [0.1, 0.15) is 0 Å². The highest BCUT2D eigenvalue weighted by Crippen LogP contribution is 2.30. The normalized spacial score (nSPS) is 21.8. The summed E-state index contributed by atoms with van der Waals surface area (Å²) >= 11 is 0. The number of aryl methyl sites for hydroxylation is 1. The second-order valence-corrected chi connectivity index (χ2v) is 10.4. The molecule has 36 heavy (non-hydrogen) atoms. The van der Waals surface area contributed by atoms with Crippen molar-refractivity contribution in [2.45, 2.75) is 64.5 Å². The van der Waals surface area contributed by atoms with Crippen LogP contribution in [0.2, 0.25) is 0 Å². The first kappa shape index (κ1) is 24.4. The third kappa shape index (κ3) is 5.28. The SMILES string of the molecule is Cc1ccnc(C2CN(c3ncc(OC(C)C4CCN(c5nc(C(C)C)no5)CC4)cn3)CC2N)c1. The van der Waals surface area contributed by atoms with Crippen LogP contribution in [0.1, 0.15) is 62.5 Å². The number of rotatable bonds is 7. The second kappa shape index (κ2) is 10.4. The molecule has 0 aromatic carbocycles. The predicted octanol–water partition coefficient (Wildman–Crippen LogP) is 3.30. The van der Waals surface area contributed by atoms with Crippen molar-refractivity contribution in [2.75, 3.05) is 36.0 Å². The van der Waals surface area contributed by atoms with Crippen LogP contribution in [0.3, 0.4) is 0 Å². The lowest BCUT2D eigenvalue weighted by molar-refractivity contribution is 0.131. The molecular formula is C26H36N8O2. The van der Waals surface area contributed by atoms with Crippen LogP contribution >= 0.6 is 0 Å². The average Bonchev–Trinajstić information content (AvgIpc) is 3.52. The molecule has 0 aliphatic carbocycles. The molecule has 0 saturated carbocycles.